The highest BCUT2D eigenvalue weighted by molar-refractivity contribution is 7.99. The summed E-state index contributed by atoms with van der Waals surface area (Å²) in [6.07, 6.45) is 3.25. The van der Waals surface area contributed by atoms with Gasteiger partial charge in [-0.3, -0.25) is 14.0 Å². The molecule has 0 bridgehead atoms. The van der Waals surface area contributed by atoms with Crippen LogP contribution in [0, 0.1) is 5.82 Å². The van der Waals surface area contributed by atoms with Gasteiger partial charge in [-0.05, 0) is 18.2 Å². The van der Waals surface area contributed by atoms with Crippen molar-refractivity contribution in [2.45, 2.75) is 11.7 Å². The number of aromatic nitrogens is 4. The number of carbonyl (C=O) groups excluding carboxylic acids is 1. The van der Waals surface area contributed by atoms with Crippen molar-refractivity contribution in [2.24, 2.45) is 0 Å². The second-order valence-electron chi connectivity index (χ2n) is 7.99. The van der Waals surface area contributed by atoms with Crippen molar-refractivity contribution in [1.82, 2.24) is 24.1 Å². The van der Waals surface area contributed by atoms with E-state index in [0.717, 1.165) is 13.1 Å². The lowest BCUT2D eigenvalue weighted by Gasteiger charge is -2.36. The highest BCUT2D eigenvalue weighted by Gasteiger charge is 2.22. The lowest BCUT2D eigenvalue weighted by atomic mass is 10.2. The maximum atomic E-state index is 14.0. The predicted octanol–water partition coefficient (Wildman–Crippen LogP) is 2.52. The van der Waals surface area contributed by atoms with Gasteiger partial charge in [-0.25, -0.2) is 4.39 Å². The van der Waals surface area contributed by atoms with E-state index in [1.165, 1.54) is 28.1 Å². The fourth-order valence-electron chi connectivity index (χ4n) is 4.00. The summed E-state index contributed by atoms with van der Waals surface area (Å²) in [6, 6.07) is 16.5. The van der Waals surface area contributed by atoms with Crippen LogP contribution in [0.1, 0.15) is 5.56 Å². The summed E-state index contributed by atoms with van der Waals surface area (Å²) in [5.74, 6) is -0.123. The average Bonchev–Trinajstić information content (AvgIpc) is 3.30. The Labute approximate surface area is 199 Å². The number of thioether (sulfide) groups is 1. The summed E-state index contributed by atoms with van der Waals surface area (Å²) in [7, 11) is 0. The van der Waals surface area contributed by atoms with E-state index in [0.29, 0.717) is 23.8 Å². The summed E-state index contributed by atoms with van der Waals surface area (Å²) >= 11 is 1.25. The van der Waals surface area contributed by atoms with Gasteiger partial charge < -0.3 is 14.4 Å². The van der Waals surface area contributed by atoms with Crippen LogP contribution in [0.3, 0.4) is 0 Å². The Hall–Kier alpha value is -3.66. The predicted molar refractivity (Wildman–Crippen MR) is 129 cm³/mol. The molecular formula is C24H23FN6O2S. The molecule has 2 aromatic carbocycles. The molecule has 0 unspecified atom stereocenters. The fourth-order valence-corrected chi connectivity index (χ4v) is 4.82. The Morgan fingerprint density at radius 1 is 0.941 bits per heavy atom. The van der Waals surface area contributed by atoms with Crippen LogP contribution in [0.15, 0.2) is 76.9 Å². The topological polar surface area (TPSA) is 75.7 Å². The molecule has 0 atom stereocenters. The zero-order valence-electron chi connectivity index (χ0n) is 18.4. The SMILES string of the molecule is O=C(CSc1nnc2c(=O)n(Cc3ccccc3F)ccn12)N1CCN(c2ccccc2)CC1. The van der Waals surface area contributed by atoms with Crippen LogP contribution in [-0.2, 0) is 11.3 Å². The molecule has 2 aromatic heterocycles. The van der Waals surface area contributed by atoms with Gasteiger partial charge in [0.1, 0.15) is 5.82 Å². The third kappa shape index (κ3) is 4.54. The molecule has 34 heavy (non-hydrogen) atoms. The van der Waals surface area contributed by atoms with Crippen molar-refractivity contribution >= 4 is 29.0 Å². The van der Waals surface area contributed by atoms with Gasteiger partial charge in [0.05, 0.1) is 12.3 Å². The number of amides is 1. The first kappa shape index (κ1) is 22.1. The zero-order valence-corrected chi connectivity index (χ0v) is 19.2. The van der Waals surface area contributed by atoms with E-state index in [-0.39, 0.29) is 35.2 Å². The van der Waals surface area contributed by atoms with Gasteiger partial charge in [-0.2, -0.15) is 0 Å². The van der Waals surface area contributed by atoms with Gasteiger partial charge in [0.15, 0.2) is 5.16 Å². The number of hydrogen-bond acceptors (Lipinski definition) is 6. The van der Waals surface area contributed by atoms with Gasteiger partial charge in [0.25, 0.3) is 5.56 Å². The fraction of sp³-hybridized carbons (Fsp3) is 0.250. The molecule has 1 amide bonds. The van der Waals surface area contributed by atoms with Crippen molar-refractivity contribution in [1.29, 1.82) is 0 Å². The molecule has 1 fully saturated rings. The first-order chi connectivity index (χ1) is 16.6. The highest BCUT2D eigenvalue weighted by Crippen LogP contribution is 2.19. The van der Waals surface area contributed by atoms with E-state index in [2.05, 4.69) is 27.2 Å². The van der Waals surface area contributed by atoms with Crippen LogP contribution in [0.25, 0.3) is 5.65 Å². The lowest BCUT2D eigenvalue weighted by molar-refractivity contribution is -0.128. The Morgan fingerprint density at radius 3 is 2.44 bits per heavy atom. The molecule has 3 heterocycles. The van der Waals surface area contributed by atoms with Crippen LogP contribution in [-0.4, -0.2) is 61.9 Å². The molecular weight excluding hydrogens is 455 g/mol. The van der Waals surface area contributed by atoms with Gasteiger partial charge in [0, 0.05) is 49.8 Å². The van der Waals surface area contributed by atoms with Crippen LogP contribution in [0.4, 0.5) is 10.1 Å². The number of nitrogens with zero attached hydrogens (tertiary/aromatic N) is 6. The summed E-state index contributed by atoms with van der Waals surface area (Å²) in [4.78, 5) is 29.7. The average molecular weight is 479 g/mol. The van der Waals surface area contributed by atoms with E-state index < -0.39 is 0 Å². The molecule has 1 aliphatic rings. The quantitative estimate of drug-likeness (QED) is 0.397. The normalized spacial score (nSPS) is 14.0. The molecule has 4 aromatic rings. The number of piperazine rings is 1. The molecule has 0 saturated carbocycles. The molecule has 5 rings (SSSR count). The lowest BCUT2D eigenvalue weighted by Crippen LogP contribution is -2.49. The van der Waals surface area contributed by atoms with Crippen LogP contribution >= 0.6 is 11.8 Å². The van der Waals surface area contributed by atoms with E-state index in [4.69, 9.17) is 0 Å². The molecule has 8 nitrogen and oxygen atoms in total. The maximum Gasteiger partial charge on any atom is 0.296 e. The van der Waals surface area contributed by atoms with Gasteiger partial charge >= 0.3 is 0 Å². The van der Waals surface area contributed by atoms with E-state index >= 15 is 0 Å². The summed E-state index contributed by atoms with van der Waals surface area (Å²) in [5.41, 5.74) is 1.36. The zero-order chi connectivity index (χ0) is 23.5. The number of para-hydroxylation sites is 1. The highest BCUT2D eigenvalue weighted by atomic mass is 32.2. The third-order valence-corrected chi connectivity index (χ3v) is 6.82. The number of anilines is 1. The Bertz CT molecular complexity index is 1360. The Morgan fingerprint density at radius 2 is 1.68 bits per heavy atom. The maximum absolute atomic E-state index is 14.0. The molecule has 0 radical (unpaired) electrons. The van der Waals surface area contributed by atoms with E-state index in [9.17, 15) is 14.0 Å². The Balaban J connectivity index is 1.22. The number of halogens is 1. The number of fused-ring (bicyclic) bond motifs is 1. The molecule has 1 saturated heterocycles. The largest absolute Gasteiger partial charge is 0.368 e. The van der Waals surface area contributed by atoms with Gasteiger partial charge in [0.2, 0.25) is 11.6 Å². The standard InChI is InChI=1S/C24H23FN6O2S/c25-20-9-5-4-6-18(20)16-30-14-15-31-22(23(30)33)26-27-24(31)34-17-21(32)29-12-10-28(11-13-29)19-7-2-1-3-8-19/h1-9,14-15H,10-13,16-17H2. The number of benzene rings is 2. The molecule has 0 spiro atoms. The number of rotatable bonds is 6. The smallest absolute Gasteiger partial charge is 0.296 e. The summed E-state index contributed by atoms with van der Waals surface area (Å²) in [5, 5.41) is 8.58. The van der Waals surface area contributed by atoms with E-state index in [1.807, 2.05) is 23.1 Å². The molecule has 0 N–H and O–H groups in total. The first-order valence-electron chi connectivity index (χ1n) is 11.0. The van der Waals surface area contributed by atoms with Crippen LogP contribution in [0.2, 0.25) is 0 Å². The van der Waals surface area contributed by atoms with Crippen LogP contribution < -0.4 is 10.5 Å². The van der Waals surface area contributed by atoms with Crippen molar-refractivity contribution in [3.05, 3.63) is 88.7 Å². The monoisotopic (exact) mass is 478 g/mol. The number of carbonyl (C=O) groups is 1. The molecule has 1 aliphatic heterocycles. The molecule has 174 valence electrons. The van der Waals surface area contributed by atoms with Gasteiger partial charge in [-0.15, -0.1) is 10.2 Å². The molecule has 10 heteroatoms. The molecule has 0 aliphatic carbocycles. The third-order valence-electron chi connectivity index (χ3n) is 5.89. The number of hydrogen-bond donors (Lipinski definition) is 0. The summed E-state index contributed by atoms with van der Waals surface area (Å²) < 4.78 is 16.9. The van der Waals surface area contributed by atoms with Crippen LogP contribution in [0.5, 0.6) is 0 Å². The van der Waals surface area contributed by atoms with Crippen molar-refractivity contribution in [3.8, 4) is 0 Å². The van der Waals surface area contributed by atoms with Crippen molar-refractivity contribution in [3.63, 3.8) is 0 Å². The minimum absolute atomic E-state index is 0.0300. The summed E-state index contributed by atoms with van der Waals surface area (Å²) in [6.45, 7) is 3.00. The Kier molecular flexibility index (Phi) is 6.31. The van der Waals surface area contributed by atoms with E-state index in [1.54, 1.807) is 35.0 Å². The first-order valence-corrected chi connectivity index (χ1v) is 12.0. The second kappa shape index (κ2) is 9.68. The minimum Gasteiger partial charge on any atom is -0.368 e. The van der Waals surface area contributed by atoms with Crippen molar-refractivity contribution in [2.75, 3.05) is 36.8 Å². The second-order valence-corrected chi connectivity index (χ2v) is 8.93. The minimum atomic E-state index is -0.367. The van der Waals surface area contributed by atoms with Crippen molar-refractivity contribution < 1.29 is 9.18 Å². The van der Waals surface area contributed by atoms with Gasteiger partial charge in [-0.1, -0.05) is 48.2 Å².